The number of pyridine rings is 1. The maximum absolute atomic E-state index is 12.0. The van der Waals surface area contributed by atoms with Crippen LogP contribution in [0.2, 0.25) is 5.02 Å². The number of nitrogens with one attached hydrogen (secondary N) is 1. The Balaban J connectivity index is 1.46. The largest absolute Gasteiger partial charge is 0.484 e. The van der Waals surface area contributed by atoms with Gasteiger partial charge in [0.2, 0.25) is 0 Å². The third-order valence-corrected chi connectivity index (χ3v) is 4.29. The van der Waals surface area contributed by atoms with Gasteiger partial charge in [0.25, 0.3) is 5.91 Å². The molecule has 3 rings (SSSR count). The van der Waals surface area contributed by atoms with Gasteiger partial charge in [0.05, 0.1) is 0 Å². The summed E-state index contributed by atoms with van der Waals surface area (Å²) < 4.78 is 5.45. The SMILES string of the molecule is O=C(COc1ccc(Cl)cc1)NC[C@H]1CCCN1c1ccccn1. The molecule has 126 valence electrons. The first kappa shape index (κ1) is 16.6. The Hall–Kier alpha value is -2.27. The summed E-state index contributed by atoms with van der Waals surface area (Å²) in [6.07, 6.45) is 3.95. The Morgan fingerprint density at radius 2 is 2.12 bits per heavy atom. The van der Waals surface area contributed by atoms with Crippen LogP contribution in [0.3, 0.4) is 0 Å². The monoisotopic (exact) mass is 345 g/mol. The highest BCUT2D eigenvalue weighted by atomic mass is 35.5. The molecule has 0 unspecified atom stereocenters. The Bertz CT molecular complexity index is 664. The second-order valence-corrected chi connectivity index (χ2v) is 6.16. The first-order valence-corrected chi connectivity index (χ1v) is 8.43. The van der Waals surface area contributed by atoms with Gasteiger partial charge < -0.3 is 15.0 Å². The molecule has 0 spiro atoms. The van der Waals surface area contributed by atoms with E-state index in [0.717, 1.165) is 25.2 Å². The van der Waals surface area contributed by atoms with Crippen molar-refractivity contribution in [2.45, 2.75) is 18.9 Å². The summed E-state index contributed by atoms with van der Waals surface area (Å²) in [6.45, 7) is 1.57. The molecule has 24 heavy (non-hydrogen) atoms. The molecule has 0 bridgehead atoms. The number of anilines is 1. The molecule has 2 heterocycles. The van der Waals surface area contributed by atoms with Crippen molar-refractivity contribution in [1.29, 1.82) is 0 Å². The molecule has 6 heteroatoms. The smallest absolute Gasteiger partial charge is 0.258 e. The number of nitrogens with zero attached hydrogens (tertiary/aromatic N) is 2. The third-order valence-electron chi connectivity index (χ3n) is 4.04. The number of carbonyl (C=O) groups excluding carboxylic acids is 1. The molecule has 0 saturated carbocycles. The van der Waals surface area contributed by atoms with E-state index in [-0.39, 0.29) is 18.6 Å². The molecule has 1 atom stereocenters. The summed E-state index contributed by atoms with van der Waals surface area (Å²) in [5, 5.41) is 3.59. The molecule has 1 aromatic heterocycles. The van der Waals surface area contributed by atoms with Crippen LogP contribution in [0.25, 0.3) is 0 Å². The molecule has 1 aliphatic heterocycles. The van der Waals surface area contributed by atoms with E-state index in [9.17, 15) is 4.79 Å². The van der Waals surface area contributed by atoms with Gasteiger partial charge in [-0.15, -0.1) is 0 Å². The van der Waals surface area contributed by atoms with Gasteiger partial charge in [0.1, 0.15) is 11.6 Å². The van der Waals surface area contributed by atoms with Crippen LogP contribution >= 0.6 is 11.6 Å². The van der Waals surface area contributed by atoms with Gasteiger partial charge in [-0.1, -0.05) is 17.7 Å². The van der Waals surface area contributed by atoms with Crippen molar-refractivity contribution >= 4 is 23.3 Å². The predicted molar refractivity (Wildman–Crippen MR) is 94.6 cm³/mol. The standard InChI is InChI=1S/C18H20ClN3O2/c19-14-6-8-16(9-7-14)24-13-18(23)21-12-15-4-3-11-22(15)17-5-1-2-10-20-17/h1-2,5-10,15H,3-4,11-13H2,(H,21,23)/t15-/m1/s1. The fraction of sp³-hybridized carbons (Fsp3) is 0.333. The van der Waals surface area contributed by atoms with E-state index < -0.39 is 0 Å². The van der Waals surface area contributed by atoms with Crippen LogP contribution in [0, 0.1) is 0 Å². The molecule has 1 amide bonds. The van der Waals surface area contributed by atoms with Crippen molar-refractivity contribution in [1.82, 2.24) is 10.3 Å². The Kier molecular flexibility index (Phi) is 5.54. The summed E-state index contributed by atoms with van der Waals surface area (Å²) in [5.41, 5.74) is 0. The van der Waals surface area contributed by atoms with Crippen LogP contribution in [0.1, 0.15) is 12.8 Å². The summed E-state index contributed by atoms with van der Waals surface area (Å²) >= 11 is 5.82. The van der Waals surface area contributed by atoms with Crippen molar-refractivity contribution in [2.75, 3.05) is 24.6 Å². The van der Waals surface area contributed by atoms with E-state index in [0.29, 0.717) is 17.3 Å². The zero-order valence-electron chi connectivity index (χ0n) is 13.3. The third kappa shape index (κ3) is 4.38. The lowest BCUT2D eigenvalue weighted by molar-refractivity contribution is -0.123. The summed E-state index contributed by atoms with van der Waals surface area (Å²) in [6, 6.07) is 13.1. The first-order valence-electron chi connectivity index (χ1n) is 8.05. The Morgan fingerprint density at radius 1 is 1.29 bits per heavy atom. The molecule has 2 aromatic rings. The Labute approximate surface area is 146 Å². The van der Waals surface area contributed by atoms with Crippen LogP contribution in [-0.4, -0.2) is 36.6 Å². The average molecular weight is 346 g/mol. The molecule has 5 nitrogen and oxygen atoms in total. The zero-order valence-corrected chi connectivity index (χ0v) is 14.1. The van der Waals surface area contributed by atoms with E-state index in [1.165, 1.54) is 0 Å². The number of hydrogen-bond acceptors (Lipinski definition) is 4. The maximum atomic E-state index is 12.0. The molecule has 0 radical (unpaired) electrons. The van der Waals surface area contributed by atoms with E-state index in [1.54, 1.807) is 30.5 Å². The fourth-order valence-electron chi connectivity index (χ4n) is 2.84. The highest BCUT2D eigenvalue weighted by Gasteiger charge is 2.25. The number of amides is 1. The van der Waals surface area contributed by atoms with E-state index >= 15 is 0 Å². The minimum atomic E-state index is -0.127. The lowest BCUT2D eigenvalue weighted by atomic mass is 10.2. The first-order chi connectivity index (χ1) is 11.7. The van der Waals surface area contributed by atoms with Crippen molar-refractivity contribution in [2.24, 2.45) is 0 Å². The van der Waals surface area contributed by atoms with Crippen molar-refractivity contribution in [3.05, 3.63) is 53.7 Å². The van der Waals surface area contributed by atoms with E-state index in [1.807, 2.05) is 18.2 Å². The number of aromatic nitrogens is 1. The highest BCUT2D eigenvalue weighted by Crippen LogP contribution is 2.22. The molecule has 1 fully saturated rings. The van der Waals surface area contributed by atoms with Gasteiger partial charge in [-0.3, -0.25) is 4.79 Å². The molecule has 0 aliphatic carbocycles. The number of ether oxygens (including phenoxy) is 1. The second kappa shape index (κ2) is 8.02. The second-order valence-electron chi connectivity index (χ2n) is 5.72. The van der Waals surface area contributed by atoms with Gasteiger partial charge in [-0.05, 0) is 49.2 Å². The number of hydrogen-bond donors (Lipinski definition) is 1. The topological polar surface area (TPSA) is 54.5 Å². The van der Waals surface area contributed by atoms with Gasteiger partial charge in [0, 0.05) is 30.4 Å². The van der Waals surface area contributed by atoms with Gasteiger partial charge >= 0.3 is 0 Å². The average Bonchev–Trinajstić information content (AvgIpc) is 3.09. The zero-order chi connectivity index (χ0) is 16.8. The van der Waals surface area contributed by atoms with E-state index in [2.05, 4.69) is 15.2 Å². The van der Waals surface area contributed by atoms with Crippen LogP contribution in [0.15, 0.2) is 48.7 Å². The molecule has 1 N–H and O–H groups in total. The van der Waals surface area contributed by atoms with Crippen LogP contribution in [0.5, 0.6) is 5.75 Å². The minimum Gasteiger partial charge on any atom is -0.484 e. The molecular weight excluding hydrogens is 326 g/mol. The van der Waals surface area contributed by atoms with Gasteiger partial charge in [-0.25, -0.2) is 4.98 Å². The fourth-order valence-corrected chi connectivity index (χ4v) is 2.96. The molecule has 1 aliphatic rings. The van der Waals surface area contributed by atoms with Crippen molar-refractivity contribution in [3.8, 4) is 5.75 Å². The lowest BCUT2D eigenvalue weighted by Gasteiger charge is -2.25. The normalized spacial score (nSPS) is 16.9. The minimum absolute atomic E-state index is 0.00204. The number of benzene rings is 1. The Morgan fingerprint density at radius 3 is 2.88 bits per heavy atom. The molecule has 1 saturated heterocycles. The number of rotatable bonds is 6. The van der Waals surface area contributed by atoms with Crippen molar-refractivity contribution in [3.63, 3.8) is 0 Å². The van der Waals surface area contributed by atoms with Gasteiger partial charge in [0.15, 0.2) is 6.61 Å². The summed E-state index contributed by atoms with van der Waals surface area (Å²) in [4.78, 5) is 18.6. The van der Waals surface area contributed by atoms with Crippen LogP contribution in [0.4, 0.5) is 5.82 Å². The number of halogens is 1. The summed E-state index contributed by atoms with van der Waals surface area (Å²) in [7, 11) is 0. The summed E-state index contributed by atoms with van der Waals surface area (Å²) in [5.74, 6) is 1.47. The van der Waals surface area contributed by atoms with Gasteiger partial charge in [-0.2, -0.15) is 0 Å². The number of carbonyl (C=O) groups is 1. The molecular formula is C18H20ClN3O2. The molecule has 1 aromatic carbocycles. The van der Waals surface area contributed by atoms with Crippen LogP contribution in [-0.2, 0) is 4.79 Å². The quantitative estimate of drug-likeness (QED) is 0.874. The predicted octanol–water partition coefficient (Wildman–Crippen LogP) is 2.90. The highest BCUT2D eigenvalue weighted by molar-refractivity contribution is 6.30. The van der Waals surface area contributed by atoms with Crippen molar-refractivity contribution < 1.29 is 9.53 Å². The van der Waals surface area contributed by atoms with Crippen LogP contribution < -0.4 is 15.0 Å². The lowest BCUT2D eigenvalue weighted by Crippen LogP contribution is -2.42. The maximum Gasteiger partial charge on any atom is 0.258 e. The van der Waals surface area contributed by atoms with E-state index in [4.69, 9.17) is 16.3 Å².